The zero-order valence-corrected chi connectivity index (χ0v) is 12.9. The quantitative estimate of drug-likeness (QED) is 0.756. The Bertz CT molecular complexity index is 798. The van der Waals surface area contributed by atoms with Crippen molar-refractivity contribution in [2.24, 2.45) is 0 Å². The van der Waals surface area contributed by atoms with Crippen molar-refractivity contribution in [2.45, 2.75) is 19.4 Å². The van der Waals surface area contributed by atoms with Crippen LogP contribution in [0.3, 0.4) is 0 Å². The van der Waals surface area contributed by atoms with Crippen molar-refractivity contribution in [3.05, 3.63) is 58.3 Å². The summed E-state index contributed by atoms with van der Waals surface area (Å²) in [6.07, 6.45) is 1.88. The van der Waals surface area contributed by atoms with Crippen molar-refractivity contribution in [1.29, 1.82) is 0 Å². The van der Waals surface area contributed by atoms with E-state index in [2.05, 4.69) is 4.98 Å². The van der Waals surface area contributed by atoms with E-state index in [9.17, 15) is 5.11 Å². The standard InChI is InChI=1S/C16H14Cl2N2O/c1-2-13(21)16-15(11-7-6-10(17)9-12(11)18)19-14-5-3-4-8-20(14)16/h3-9,13,21H,2H2,1H3. The van der Waals surface area contributed by atoms with Crippen molar-refractivity contribution < 1.29 is 5.11 Å². The van der Waals surface area contributed by atoms with Gasteiger partial charge in [-0.25, -0.2) is 4.98 Å². The van der Waals surface area contributed by atoms with Gasteiger partial charge in [0.25, 0.3) is 0 Å². The number of aliphatic hydroxyl groups is 1. The fourth-order valence-corrected chi connectivity index (χ4v) is 2.90. The summed E-state index contributed by atoms with van der Waals surface area (Å²) in [5.74, 6) is 0. The van der Waals surface area contributed by atoms with Crippen LogP contribution in [0.15, 0.2) is 42.6 Å². The van der Waals surface area contributed by atoms with E-state index >= 15 is 0 Å². The molecule has 2 aromatic heterocycles. The molecular formula is C16H14Cl2N2O. The first-order valence-corrected chi connectivity index (χ1v) is 7.48. The Labute approximate surface area is 132 Å². The molecule has 1 atom stereocenters. The molecule has 0 aliphatic carbocycles. The lowest BCUT2D eigenvalue weighted by molar-refractivity contribution is 0.168. The molecule has 3 aromatic rings. The molecule has 0 aliphatic heterocycles. The number of benzene rings is 1. The fraction of sp³-hybridized carbons (Fsp3) is 0.188. The molecule has 0 saturated heterocycles. The molecule has 0 spiro atoms. The van der Waals surface area contributed by atoms with Gasteiger partial charge in [-0.3, -0.25) is 0 Å². The van der Waals surface area contributed by atoms with Gasteiger partial charge >= 0.3 is 0 Å². The largest absolute Gasteiger partial charge is 0.387 e. The molecule has 1 unspecified atom stereocenters. The third kappa shape index (κ3) is 2.53. The normalized spacial score (nSPS) is 12.8. The van der Waals surface area contributed by atoms with Crippen LogP contribution in [0.2, 0.25) is 10.0 Å². The maximum absolute atomic E-state index is 10.4. The number of halogens is 2. The van der Waals surface area contributed by atoms with E-state index in [0.29, 0.717) is 22.2 Å². The number of nitrogens with zero attached hydrogens (tertiary/aromatic N) is 2. The molecule has 108 valence electrons. The number of fused-ring (bicyclic) bond motifs is 1. The van der Waals surface area contributed by atoms with Gasteiger partial charge in [0.05, 0.1) is 22.5 Å². The third-order valence-corrected chi connectivity index (χ3v) is 4.00. The zero-order chi connectivity index (χ0) is 15.0. The van der Waals surface area contributed by atoms with Gasteiger partial charge in [-0.05, 0) is 36.8 Å². The number of hydrogen-bond donors (Lipinski definition) is 1. The summed E-state index contributed by atoms with van der Waals surface area (Å²) in [4.78, 5) is 4.62. The second-order valence-corrected chi connectivity index (χ2v) is 5.67. The van der Waals surface area contributed by atoms with Crippen LogP contribution in [0.4, 0.5) is 0 Å². The maximum Gasteiger partial charge on any atom is 0.137 e. The summed E-state index contributed by atoms with van der Waals surface area (Å²) in [7, 11) is 0. The van der Waals surface area contributed by atoms with Gasteiger partial charge in [-0.1, -0.05) is 36.2 Å². The number of imidazole rings is 1. The first-order chi connectivity index (χ1) is 10.1. The lowest BCUT2D eigenvalue weighted by atomic mass is 10.1. The van der Waals surface area contributed by atoms with Crippen molar-refractivity contribution in [1.82, 2.24) is 9.38 Å². The number of aromatic nitrogens is 2. The highest BCUT2D eigenvalue weighted by molar-refractivity contribution is 6.36. The van der Waals surface area contributed by atoms with Gasteiger partial charge < -0.3 is 9.51 Å². The van der Waals surface area contributed by atoms with Gasteiger partial charge in [0, 0.05) is 16.8 Å². The van der Waals surface area contributed by atoms with Gasteiger partial charge in [0.15, 0.2) is 0 Å². The second kappa shape index (κ2) is 5.68. The Morgan fingerprint density at radius 2 is 2.05 bits per heavy atom. The summed E-state index contributed by atoms with van der Waals surface area (Å²) in [5.41, 5.74) is 2.99. The Balaban J connectivity index is 2.31. The van der Waals surface area contributed by atoms with Gasteiger partial charge in [-0.15, -0.1) is 0 Å². The molecule has 5 heteroatoms. The van der Waals surface area contributed by atoms with E-state index in [1.165, 1.54) is 0 Å². The zero-order valence-electron chi connectivity index (χ0n) is 11.4. The minimum absolute atomic E-state index is 0.524. The minimum atomic E-state index is -0.607. The highest BCUT2D eigenvalue weighted by Gasteiger charge is 2.21. The van der Waals surface area contributed by atoms with Crippen molar-refractivity contribution in [3.8, 4) is 11.3 Å². The van der Waals surface area contributed by atoms with Crippen molar-refractivity contribution >= 4 is 28.8 Å². The Kier molecular flexibility index (Phi) is 3.89. The molecule has 0 bridgehead atoms. The second-order valence-electron chi connectivity index (χ2n) is 4.82. The first kappa shape index (κ1) is 14.4. The van der Waals surface area contributed by atoms with Crippen LogP contribution in [0.25, 0.3) is 16.9 Å². The maximum atomic E-state index is 10.4. The number of rotatable bonds is 3. The van der Waals surface area contributed by atoms with E-state index in [4.69, 9.17) is 23.2 Å². The number of pyridine rings is 1. The van der Waals surface area contributed by atoms with Crippen LogP contribution in [0.5, 0.6) is 0 Å². The minimum Gasteiger partial charge on any atom is -0.387 e. The highest BCUT2D eigenvalue weighted by Crippen LogP contribution is 2.35. The summed E-state index contributed by atoms with van der Waals surface area (Å²) in [6.45, 7) is 1.93. The van der Waals surface area contributed by atoms with E-state index in [-0.39, 0.29) is 0 Å². The monoisotopic (exact) mass is 320 g/mol. The third-order valence-electron chi connectivity index (χ3n) is 3.46. The van der Waals surface area contributed by atoms with Gasteiger partial charge in [-0.2, -0.15) is 0 Å². The summed E-state index contributed by atoms with van der Waals surface area (Å²) in [6, 6.07) is 11.0. The molecule has 0 fully saturated rings. The summed E-state index contributed by atoms with van der Waals surface area (Å²) < 4.78 is 1.90. The predicted octanol–water partition coefficient (Wildman–Crippen LogP) is 4.75. The van der Waals surface area contributed by atoms with Gasteiger partial charge in [0.2, 0.25) is 0 Å². The van der Waals surface area contributed by atoms with Gasteiger partial charge in [0.1, 0.15) is 5.65 Å². The first-order valence-electron chi connectivity index (χ1n) is 6.72. The van der Waals surface area contributed by atoms with Crippen LogP contribution in [0.1, 0.15) is 25.1 Å². The molecule has 0 aliphatic rings. The summed E-state index contributed by atoms with van der Waals surface area (Å²) >= 11 is 12.2. The van der Waals surface area contributed by atoms with Crippen LogP contribution in [0, 0.1) is 0 Å². The Morgan fingerprint density at radius 1 is 1.24 bits per heavy atom. The molecule has 2 heterocycles. The van der Waals surface area contributed by atoms with E-state index in [1.807, 2.05) is 41.8 Å². The van der Waals surface area contributed by atoms with E-state index in [1.54, 1.807) is 12.1 Å². The highest BCUT2D eigenvalue weighted by atomic mass is 35.5. The number of aliphatic hydroxyl groups excluding tert-OH is 1. The smallest absolute Gasteiger partial charge is 0.137 e. The lowest BCUT2D eigenvalue weighted by Crippen LogP contribution is -2.02. The molecule has 0 amide bonds. The van der Waals surface area contributed by atoms with E-state index in [0.717, 1.165) is 16.9 Å². The fourth-order valence-electron chi connectivity index (χ4n) is 2.41. The van der Waals surface area contributed by atoms with Crippen LogP contribution < -0.4 is 0 Å². The van der Waals surface area contributed by atoms with Crippen molar-refractivity contribution in [3.63, 3.8) is 0 Å². The van der Waals surface area contributed by atoms with Crippen LogP contribution in [-0.2, 0) is 0 Å². The Morgan fingerprint density at radius 3 is 2.76 bits per heavy atom. The van der Waals surface area contributed by atoms with Crippen LogP contribution in [-0.4, -0.2) is 14.5 Å². The lowest BCUT2D eigenvalue weighted by Gasteiger charge is -2.11. The van der Waals surface area contributed by atoms with Crippen LogP contribution >= 0.6 is 23.2 Å². The van der Waals surface area contributed by atoms with Crippen molar-refractivity contribution in [2.75, 3.05) is 0 Å². The average Bonchev–Trinajstić information content (AvgIpc) is 2.85. The molecule has 0 radical (unpaired) electrons. The molecule has 3 nitrogen and oxygen atoms in total. The summed E-state index contributed by atoms with van der Waals surface area (Å²) in [5, 5.41) is 11.5. The molecule has 21 heavy (non-hydrogen) atoms. The topological polar surface area (TPSA) is 37.5 Å². The number of hydrogen-bond acceptors (Lipinski definition) is 2. The molecule has 1 aromatic carbocycles. The Hall–Kier alpha value is -1.55. The molecule has 1 N–H and O–H groups in total. The SMILES string of the molecule is CCC(O)c1c(-c2ccc(Cl)cc2Cl)nc2ccccn12. The molecule has 0 saturated carbocycles. The average molecular weight is 321 g/mol. The predicted molar refractivity (Wildman–Crippen MR) is 85.9 cm³/mol. The van der Waals surface area contributed by atoms with E-state index < -0.39 is 6.10 Å². The molecule has 3 rings (SSSR count). The molecular weight excluding hydrogens is 307 g/mol.